The summed E-state index contributed by atoms with van der Waals surface area (Å²) in [5, 5.41) is 3.24. The van der Waals surface area contributed by atoms with Crippen LogP contribution in [-0.4, -0.2) is 11.8 Å². The van der Waals surface area contributed by atoms with Crippen LogP contribution in [0.15, 0.2) is 5.16 Å². The standard InChI is InChI=1S/C5H10N2O2/c1-3-5(8)9-7-4(2)6/h3H2,1-2H3,(H2,6,7). The van der Waals surface area contributed by atoms with Crippen LogP contribution in [0.3, 0.4) is 0 Å². The molecule has 0 atom stereocenters. The van der Waals surface area contributed by atoms with Gasteiger partial charge in [0, 0.05) is 6.42 Å². The SMILES string of the molecule is CCC(=O)O/N=C(/C)N. The van der Waals surface area contributed by atoms with Gasteiger partial charge in [-0.05, 0) is 6.92 Å². The molecule has 0 aromatic heterocycles. The number of carbonyl (C=O) groups is 1. The number of hydrogen-bond donors (Lipinski definition) is 1. The first-order valence-corrected chi connectivity index (χ1v) is 2.66. The van der Waals surface area contributed by atoms with Gasteiger partial charge in [-0.25, -0.2) is 4.79 Å². The molecule has 4 nitrogen and oxygen atoms in total. The zero-order valence-corrected chi connectivity index (χ0v) is 5.55. The van der Waals surface area contributed by atoms with Crippen molar-refractivity contribution in [2.24, 2.45) is 10.9 Å². The van der Waals surface area contributed by atoms with Crippen molar-refractivity contribution in [2.75, 3.05) is 0 Å². The number of hydrogen-bond acceptors (Lipinski definition) is 3. The topological polar surface area (TPSA) is 64.7 Å². The van der Waals surface area contributed by atoms with E-state index in [9.17, 15) is 4.79 Å². The van der Waals surface area contributed by atoms with E-state index < -0.39 is 0 Å². The molecule has 0 aliphatic heterocycles. The fourth-order valence-electron chi connectivity index (χ4n) is 0.187. The summed E-state index contributed by atoms with van der Waals surface area (Å²) in [5.41, 5.74) is 5.07. The molecule has 2 N–H and O–H groups in total. The minimum atomic E-state index is -0.375. The maximum atomic E-state index is 10.3. The van der Waals surface area contributed by atoms with Crippen molar-refractivity contribution in [3.05, 3.63) is 0 Å². The molecule has 0 rings (SSSR count). The summed E-state index contributed by atoms with van der Waals surface area (Å²) in [7, 11) is 0. The molecule has 52 valence electrons. The van der Waals surface area contributed by atoms with Gasteiger partial charge in [0.25, 0.3) is 0 Å². The highest BCUT2D eigenvalue weighted by Gasteiger charge is 1.94. The van der Waals surface area contributed by atoms with Crippen LogP contribution in [0.1, 0.15) is 20.3 Å². The number of amidine groups is 1. The molecule has 0 aromatic carbocycles. The monoisotopic (exact) mass is 130 g/mol. The maximum Gasteiger partial charge on any atom is 0.334 e. The second-order valence-electron chi connectivity index (χ2n) is 1.55. The third-order valence-corrected chi connectivity index (χ3v) is 0.580. The Labute approximate surface area is 53.7 Å². The normalized spacial score (nSPS) is 11.1. The molecular formula is C5H10N2O2. The lowest BCUT2D eigenvalue weighted by Crippen LogP contribution is -2.08. The van der Waals surface area contributed by atoms with Crippen molar-refractivity contribution in [3.63, 3.8) is 0 Å². The van der Waals surface area contributed by atoms with Crippen LogP contribution in [0.2, 0.25) is 0 Å². The van der Waals surface area contributed by atoms with Crippen molar-refractivity contribution in [1.29, 1.82) is 0 Å². The first-order chi connectivity index (χ1) is 4.16. The summed E-state index contributed by atoms with van der Waals surface area (Å²) >= 11 is 0. The van der Waals surface area contributed by atoms with Gasteiger partial charge in [0.15, 0.2) is 0 Å². The Morgan fingerprint density at radius 3 is 2.67 bits per heavy atom. The second-order valence-corrected chi connectivity index (χ2v) is 1.55. The van der Waals surface area contributed by atoms with E-state index in [0.29, 0.717) is 6.42 Å². The van der Waals surface area contributed by atoms with Crippen molar-refractivity contribution >= 4 is 11.8 Å². The number of oxime groups is 1. The summed E-state index contributed by atoms with van der Waals surface area (Å²) in [6.45, 7) is 3.23. The van der Waals surface area contributed by atoms with Gasteiger partial charge in [-0.1, -0.05) is 12.1 Å². The van der Waals surface area contributed by atoms with Crippen LogP contribution in [-0.2, 0) is 9.63 Å². The van der Waals surface area contributed by atoms with Gasteiger partial charge in [0.2, 0.25) is 0 Å². The lowest BCUT2D eigenvalue weighted by Gasteiger charge is -1.91. The largest absolute Gasteiger partial charge is 0.385 e. The molecule has 9 heavy (non-hydrogen) atoms. The molecule has 0 unspecified atom stereocenters. The number of carbonyl (C=O) groups excluding carboxylic acids is 1. The number of nitrogens with zero attached hydrogens (tertiary/aromatic N) is 1. The zero-order valence-electron chi connectivity index (χ0n) is 5.55. The van der Waals surface area contributed by atoms with Crippen LogP contribution in [0, 0.1) is 0 Å². The summed E-state index contributed by atoms with van der Waals surface area (Å²) in [4.78, 5) is 14.6. The van der Waals surface area contributed by atoms with E-state index in [4.69, 9.17) is 5.73 Å². The van der Waals surface area contributed by atoms with Gasteiger partial charge >= 0.3 is 5.97 Å². The summed E-state index contributed by atoms with van der Waals surface area (Å²) in [6, 6.07) is 0. The van der Waals surface area contributed by atoms with Crippen LogP contribution in [0.4, 0.5) is 0 Å². The predicted octanol–water partition coefficient (Wildman–Crippen LogP) is 0.232. The van der Waals surface area contributed by atoms with Crippen LogP contribution in [0.5, 0.6) is 0 Å². The van der Waals surface area contributed by atoms with Crippen molar-refractivity contribution in [1.82, 2.24) is 0 Å². The first-order valence-electron chi connectivity index (χ1n) is 2.66. The highest BCUT2D eigenvalue weighted by atomic mass is 16.7. The highest BCUT2D eigenvalue weighted by molar-refractivity contribution is 5.78. The third kappa shape index (κ3) is 4.80. The van der Waals surface area contributed by atoms with Gasteiger partial charge in [0.05, 0.1) is 0 Å². The number of nitrogens with two attached hydrogens (primary N) is 1. The molecule has 0 aliphatic rings. The zero-order chi connectivity index (χ0) is 7.28. The fraction of sp³-hybridized carbons (Fsp3) is 0.600. The minimum Gasteiger partial charge on any atom is -0.385 e. The van der Waals surface area contributed by atoms with E-state index in [1.165, 1.54) is 0 Å². The number of rotatable bonds is 2. The van der Waals surface area contributed by atoms with E-state index in [-0.39, 0.29) is 11.8 Å². The van der Waals surface area contributed by atoms with Crippen LogP contribution >= 0.6 is 0 Å². The van der Waals surface area contributed by atoms with E-state index in [1.807, 2.05) is 0 Å². The minimum absolute atomic E-state index is 0.247. The Bertz CT molecular complexity index is 127. The Balaban J connectivity index is 3.50. The maximum absolute atomic E-state index is 10.3. The van der Waals surface area contributed by atoms with E-state index in [1.54, 1.807) is 13.8 Å². The van der Waals surface area contributed by atoms with E-state index in [2.05, 4.69) is 9.99 Å². The van der Waals surface area contributed by atoms with Gasteiger partial charge < -0.3 is 10.6 Å². The fourth-order valence-corrected chi connectivity index (χ4v) is 0.187. The Hall–Kier alpha value is -1.06. The van der Waals surface area contributed by atoms with Gasteiger partial charge in [-0.15, -0.1) is 0 Å². The molecule has 0 heterocycles. The molecule has 0 saturated heterocycles. The van der Waals surface area contributed by atoms with Gasteiger partial charge in [-0.3, -0.25) is 0 Å². The van der Waals surface area contributed by atoms with Crippen molar-refractivity contribution in [3.8, 4) is 0 Å². The third-order valence-electron chi connectivity index (χ3n) is 0.580. The Morgan fingerprint density at radius 1 is 1.78 bits per heavy atom. The molecular weight excluding hydrogens is 120 g/mol. The molecule has 0 radical (unpaired) electrons. The van der Waals surface area contributed by atoms with Crippen LogP contribution in [0.25, 0.3) is 0 Å². The summed E-state index contributed by atoms with van der Waals surface area (Å²) < 4.78 is 0. The molecule has 0 aliphatic carbocycles. The molecule has 0 saturated carbocycles. The summed E-state index contributed by atoms with van der Waals surface area (Å²) in [5.74, 6) is -0.128. The molecule has 4 heteroatoms. The highest BCUT2D eigenvalue weighted by Crippen LogP contribution is 1.83. The molecule has 0 amide bonds. The van der Waals surface area contributed by atoms with Gasteiger partial charge in [0.1, 0.15) is 5.84 Å². The lowest BCUT2D eigenvalue weighted by molar-refractivity contribution is -0.143. The molecule has 0 fully saturated rings. The Morgan fingerprint density at radius 2 is 2.33 bits per heavy atom. The average Bonchev–Trinajstić information content (AvgIpc) is 1.83. The van der Waals surface area contributed by atoms with Crippen molar-refractivity contribution < 1.29 is 9.63 Å². The quantitative estimate of drug-likeness (QED) is 0.252. The Kier molecular flexibility index (Phi) is 3.43. The predicted molar refractivity (Wildman–Crippen MR) is 33.7 cm³/mol. The molecule has 0 spiro atoms. The first kappa shape index (κ1) is 7.94. The lowest BCUT2D eigenvalue weighted by atomic mass is 10.5. The van der Waals surface area contributed by atoms with E-state index >= 15 is 0 Å². The smallest absolute Gasteiger partial charge is 0.334 e. The summed E-state index contributed by atoms with van der Waals surface area (Å²) in [6.07, 6.45) is 0.316. The second kappa shape index (κ2) is 3.88. The van der Waals surface area contributed by atoms with E-state index in [0.717, 1.165) is 0 Å². The molecule has 0 aromatic rings. The van der Waals surface area contributed by atoms with Crippen LogP contribution < -0.4 is 5.73 Å². The molecule has 0 bridgehead atoms. The van der Waals surface area contributed by atoms with Crippen molar-refractivity contribution in [2.45, 2.75) is 20.3 Å². The van der Waals surface area contributed by atoms with Gasteiger partial charge in [-0.2, -0.15) is 0 Å². The average molecular weight is 130 g/mol.